The molecular weight excluding hydrogens is 465 g/mol. The second-order valence-corrected chi connectivity index (χ2v) is 9.90. The summed E-state index contributed by atoms with van der Waals surface area (Å²) in [6, 6.07) is 2.90. The van der Waals surface area contributed by atoms with Crippen molar-refractivity contribution in [2.45, 2.75) is 51.9 Å². The zero-order valence-electron chi connectivity index (χ0n) is 19.1. The highest BCUT2D eigenvalue weighted by molar-refractivity contribution is 8.02. The number of aryl methyl sites for hydroxylation is 1. The van der Waals surface area contributed by atoms with E-state index in [9.17, 15) is 22.8 Å². The molecule has 182 valence electrons. The SMILES string of the molecule is C=C1CC(C(F)(F)F)CCCSC=C1CN1C(=O)c2ccc(-n3cnc(C)c3)c(=O)n2CC1C. The number of rotatable bonds is 3. The number of amides is 1. The summed E-state index contributed by atoms with van der Waals surface area (Å²) >= 11 is 1.46. The number of carbonyl (C=O) groups excluding carboxylic acids is 1. The lowest BCUT2D eigenvalue weighted by molar-refractivity contribution is -0.175. The quantitative estimate of drug-likeness (QED) is 0.622. The Bertz CT molecular complexity index is 1200. The first-order valence-corrected chi connectivity index (χ1v) is 12.2. The minimum atomic E-state index is -4.27. The second kappa shape index (κ2) is 9.48. The second-order valence-electron chi connectivity index (χ2n) is 8.93. The molecule has 6 nitrogen and oxygen atoms in total. The molecule has 2 aliphatic rings. The highest BCUT2D eigenvalue weighted by atomic mass is 32.2. The third-order valence-electron chi connectivity index (χ3n) is 6.39. The molecule has 2 aromatic rings. The van der Waals surface area contributed by atoms with E-state index in [1.165, 1.54) is 16.3 Å². The van der Waals surface area contributed by atoms with Crippen molar-refractivity contribution in [2.24, 2.45) is 5.92 Å². The van der Waals surface area contributed by atoms with Gasteiger partial charge in [0.05, 0.1) is 17.9 Å². The minimum Gasteiger partial charge on any atom is -0.329 e. The van der Waals surface area contributed by atoms with Gasteiger partial charge in [0.15, 0.2) is 0 Å². The van der Waals surface area contributed by atoms with Gasteiger partial charge >= 0.3 is 6.18 Å². The molecule has 4 rings (SSSR count). The van der Waals surface area contributed by atoms with Gasteiger partial charge in [0.1, 0.15) is 11.4 Å². The summed E-state index contributed by atoms with van der Waals surface area (Å²) in [6.45, 7) is 8.05. The van der Waals surface area contributed by atoms with Gasteiger partial charge < -0.3 is 14.0 Å². The largest absolute Gasteiger partial charge is 0.392 e. The molecule has 2 aromatic heterocycles. The summed E-state index contributed by atoms with van der Waals surface area (Å²) in [5, 5.41) is 1.84. The molecular formula is C24H27F3N4O2S. The highest BCUT2D eigenvalue weighted by Gasteiger charge is 2.40. The van der Waals surface area contributed by atoms with Gasteiger partial charge in [-0.2, -0.15) is 13.2 Å². The van der Waals surface area contributed by atoms with E-state index in [0.717, 1.165) is 5.69 Å². The van der Waals surface area contributed by atoms with Crippen LogP contribution >= 0.6 is 11.8 Å². The number of nitrogens with zero attached hydrogens (tertiary/aromatic N) is 4. The Balaban J connectivity index is 1.60. The van der Waals surface area contributed by atoms with E-state index in [4.69, 9.17) is 0 Å². The van der Waals surface area contributed by atoms with Crippen LogP contribution in [-0.4, -0.2) is 49.4 Å². The van der Waals surface area contributed by atoms with Gasteiger partial charge in [-0.05, 0) is 67.5 Å². The van der Waals surface area contributed by atoms with Gasteiger partial charge in [0, 0.05) is 25.3 Å². The highest BCUT2D eigenvalue weighted by Crippen LogP contribution is 2.38. The van der Waals surface area contributed by atoms with Crippen molar-refractivity contribution in [2.75, 3.05) is 12.3 Å². The van der Waals surface area contributed by atoms with Crippen molar-refractivity contribution >= 4 is 17.7 Å². The molecule has 1 amide bonds. The van der Waals surface area contributed by atoms with Crippen LogP contribution < -0.4 is 5.56 Å². The number of thioether (sulfide) groups is 1. The number of aromatic nitrogens is 3. The van der Waals surface area contributed by atoms with Crippen LogP contribution in [0.15, 0.2) is 52.6 Å². The van der Waals surface area contributed by atoms with E-state index in [1.807, 2.05) is 19.3 Å². The number of carbonyl (C=O) groups is 1. The maximum absolute atomic E-state index is 13.5. The van der Waals surface area contributed by atoms with Gasteiger partial charge in [-0.15, -0.1) is 11.8 Å². The summed E-state index contributed by atoms with van der Waals surface area (Å²) < 4.78 is 43.5. The fraction of sp³-hybridized carbons (Fsp3) is 0.458. The van der Waals surface area contributed by atoms with Crippen molar-refractivity contribution < 1.29 is 18.0 Å². The first-order chi connectivity index (χ1) is 16.1. The number of halogens is 3. The maximum atomic E-state index is 13.5. The average molecular weight is 493 g/mol. The van der Waals surface area contributed by atoms with Crippen molar-refractivity contribution in [1.82, 2.24) is 19.0 Å². The molecule has 0 saturated carbocycles. The van der Waals surface area contributed by atoms with Crippen LogP contribution in [0.2, 0.25) is 0 Å². The molecule has 0 fully saturated rings. The Morgan fingerprint density at radius 3 is 2.71 bits per heavy atom. The Labute approximate surface area is 200 Å². The van der Waals surface area contributed by atoms with E-state index < -0.39 is 12.1 Å². The molecule has 4 heterocycles. The monoisotopic (exact) mass is 492 g/mol. The maximum Gasteiger partial charge on any atom is 0.392 e. The molecule has 2 atom stereocenters. The number of imidazole rings is 1. The normalized spacial score (nSPS) is 22.0. The number of pyridine rings is 1. The molecule has 10 heteroatoms. The fourth-order valence-corrected chi connectivity index (χ4v) is 5.31. The van der Waals surface area contributed by atoms with Gasteiger partial charge in [0.25, 0.3) is 11.5 Å². The topological polar surface area (TPSA) is 60.1 Å². The lowest BCUT2D eigenvalue weighted by Gasteiger charge is -2.36. The Kier molecular flexibility index (Phi) is 6.80. The zero-order valence-corrected chi connectivity index (χ0v) is 20.0. The average Bonchev–Trinajstić information content (AvgIpc) is 3.22. The van der Waals surface area contributed by atoms with E-state index in [2.05, 4.69) is 11.6 Å². The summed E-state index contributed by atoms with van der Waals surface area (Å²) in [7, 11) is 0. The predicted molar refractivity (Wildman–Crippen MR) is 126 cm³/mol. The Hall–Kier alpha value is -2.75. The minimum absolute atomic E-state index is 0.0742. The lowest BCUT2D eigenvalue weighted by atomic mass is 9.91. The Morgan fingerprint density at radius 1 is 1.26 bits per heavy atom. The third kappa shape index (κ3) is 4.87. The molecule has 0 bridgehead atoms. The third-order valence-corrected chi connectivity index (χ3v) is 7.37. The van der Waals surface area contributed by atoms with Crippen molar-refractivity contribution in [1.29, 1.82) is 0 Å². The van der Waals surface area contributed by atoms with Crippen LogP contribution in [0.3, 0.4) is 0 Å². The van der Waals surface area contributed by atoms with Gasteiger partial charge in [0.2, 0.25) is 0 Å². The van der Waals surface area contributed by atoms with Crippen LogP contribution in [-0.2, 0) is 6.54 Å². The van der Waals surface area contributed by atoms with Crippen LogP contribution in [0.25, 0.3) is 5.69 Å². The summed E-state index contributed by atoms with van der Waals surface area (Å²) in [6.07, 6.45) is -0.602. The van der Waals surface area contributed by atoms with Crippen molar-refractivity contribution in [3.63, 3.8) is 0 Å². The summed E-state index contributed by atoms with van der Waals surface area (Å²) in [5.74, 6) is -1.17. The Morgan fingerprint density at radius 2 is 2.03 bits per heavy atom. The summed E-state index contributed by atoms with van der Waals surface area (Å²) in [5.41, 5.74) is 2.20. The molecule has 0 aliphatic carbocycles. The smallest absolute Gasteiger partial charge is 0.329 e. The number of fused-ring (bicyclic) bond motifs is 1. The van der Waals surface area contributed by atoms with Crippen molar-refractivity contribution in [3.8, 4) is 5.69 Å². The number of hydrogen-bond donors (Lipinski definition) is 0. The number of hydrogen-bond acceptors (Lipinski definition) is 4. The molecule has 2 aliphatic heterocycles. The van der Waals surface area contributed by atoms with E-state index in [0.29, 0.717) is 35.6 Å². The molecule has 0 aromatic carbocycles. The molecule has 2 unspecified atom stereocenters. The van der Waals surface area contributed by atoms with E-state index in [-0.39, 0.29) is 42.6 Å². The van der Waals surface area contributed by atoms with Crippen molar-refractivity contribution in [3.05, 3.63) is 69.5 Å². The van der Waals surface area contributed by atoms with Gasteiger partial charge in [-0.25, -0.2) is 4.98 Å². The van der Waals surface area contributed by atoms with E-state index >= 15 is 0 Å². The van der Waals surface area contributed by atoms with Gasteiger partial charge in [-0.3, -0.25) is 9.59 Å². The first kappa shape index (κ1) is 24.4. The van der Waals surface area contributed by atoms with Crippen LogP contribution in [0.4, 0.5) is 13.2 Å². The van der Waals surface area contributed by atoms with Gasteiger partial charge in [-0.1, -0.05) is 6.58 Å². The molecule has 0 spiro atoms. The number of alkyl halides is 3. The predicted octanol–water partition coefficient (Wildman–Crippen LogP) is 4.72. The fourth-order valence-electron chi connectivity index (χ4n) is 4.42. The van der Waals surface area contributed by atoms with E-state index in [1.54, 1.807) is 34.1 Å². The molecule has 0 N–H and O–H groups in total. The first-order valence-electron chi connectivity index (χ1n) is 11.2. The van der Waals surface area contributed by atoms with Crippen LogP contribution in [0, 0.1) is 12.8 Å². The summed E-state index contributed by atoms with van der Waals surface area (Å²) in [4.78, 5) is 32.3. The molecule has 0 saturated heterocycles. The van der Waals surface area contributed by atoms with Crippen LogP contribution in [0.1, 0.15) is 42.4 Å². The molecule has 0 radical (unpaired) electrons. The zero-order chi connectivity index (χ0) is 24.6. The molecule has 34 heavy (non-hydrogen) atoms. The lowest BCUT2D eigenvalue weighted by Crippen LogP contribution is -2.50. The van der Waals surface area contributed by atoms with Crippen LogP contribution in [0.5, 0.6) is 0 Å². The standard InChI is InChI=1S/C24H27F3N4O2S/c1-15-9-19(24(25,26)27)5-4-8-34-13-18(15)12-30-17(3)11-31-21(23(30)33)7-6-20(22(31)32)29-10-16(2)28-14-29/h6-7,10,13-14,17,19H,1,4-5,8-9,11-12H2,2-3H3.